The summed E-state index contributed by atoms with van der Waals surface area (Å²) >= 11 is 1.27. The fraction of sp³-hybridized carbons (Fsp3) is 0.444. The van der Waals surface area contributed by atoms with E-state index in [4.69, 9.17) is 14.2 Å². The topological polar surface area (TPSA) is 95.8 Å². The molecule has 2 heterocycles. The number of thioether (sulfide) groups is 1. The molecule has 1 saturated carbocycles. The van der Waals surface area contributed by atoms with Crippen LogP contribution in [-0.2, 0) is 0 Å². The predicted molar refractivity (Wildman–Crippen MR) is 100 cm³/mol. The number of carbonyl (C=O) groups excluding carboxylic acids is 2. The van der Waals surface area contributed by atoms with Gasteiger partial charge in [0.05, 0.1) is 5.75 Å². The first-order valence-corrected chi connectivity index (χ1v) is 9.91. The Balaban J connectivity index is 1.45. The number of nitrogens with zero attached hydrogens (tertiary/aromatic N) is 4. The van der Waals surface area contributed by atoms with Crippen molar-refractivity contribution in [2.45, 2.75) is 24.0 Å². The molecule has 9 nitrogen and oxygen atoms in total. The maximum absolute atomic E-state index is 12.6. The number of Topliss-reactive ketones (excluding diaryl/α,β-unsaturated/α-hetero) is 1. The minimum Gasteiger partial charge on any atom is -0.486 e. The average Bonchev–Trinajstić information content (AvgIpc) is 3.46. The third-order valence-electron chi connectivity index (χ3n) is 4.29. The lowest BCUT2D eigenvalue weighted by atomic mass is 10.1. The van der Waals surface area contributed by atoms with E-state index in [1.54, 1.807) is 36.9 Å². The van der Waals surface area contributed by atoms with Crippen molar-refractivity contribution >= 4 is 23.6 Å². The molecule has 2 aromatic rings. The number of fused-ring (bicyclic) bond motifs is 1. The first-order chi connectivity index (χ1) is 13.5. The highest BCUT2D eigenvalue weighted by molar-refractivity contribution is 7.99. The van der Waals surface area contributed by atoms with Crippen molar-refractivity contribution in [2.75, 3.05) is 33.1 Å². The van der Waals surface area contributed by atoms with E-state index in [9.17, 15) is 9.59 Å². The van der Waals surface area contributed by atoms with Crippen LogP contribution >= 0.6 is 11.8 Å². The Morgan fingerprint density at radius 2 is 1.96 bits per heavy atom. The molecule has 1 aliphatic carbocycles. The van der Waals surface area contributed by atoms with Crippen LogP contribution in [0.1, 0.15) is 29.2 Å². The monoisotopic (exact) mass is 404 g/mol. The van der Waals surface area contributed by atoms with Gasteiger partial charge in [-0.15, -0.1) is 5.10 Å². The molecule has 0 atom stereocenters. The second kappa shape index (κ2) is 7.70. The van der Waals surface area contributed by atoms with Crippen LogP contribution in [0.3, 0.4) is 0 Å². The van der Waals surface area contributed by atoms with Crippen LogP contribution in [-0.4, -0.2) is 64.6 Å². The number of amides is 1. The lowest BCUT2D eigenvalue weighted by molar-refractivity contribution is 0.102. The lowest BCUT2D eigenvalue weighted by Gasteiger charge is -2.18. The van der Waals surface area contributed by atoms with Crippen LogP contribution in [0.5, 0.6) is 17.5 Å². The van der Waals surface area contributed by atoms with E-state index in [1.807, 2.05) is 0 Å². The molecular formula is C18H20N4O5S. The maximum atomic E-state index is 12.6. The van der Waals surface area contributed by atoms with Gasteiger partial charge in [0.1, 0.15) is 13.2 Å². The van der Waals surface area contributed by atoms with Gasteiger partial charge in [-0.25, -0.2) is 4.79 Å². The highest BCUT2D eigenvalue weighted by Crippen LogP contribution is 2.41. The second-order valence-electron chi connectivity index (χ2n) is 6.70. The molecule has 0 unspecified atom stereocenters. The molecule has 1 aliphatic heterocycles. The number of hydrogen-bond acceptors (Lipinski definition) is 8. The van der Waals surface area contributed by atoms with E-state index >= 15 is 0 Å². The number of rotatable bonds is 6. The van der Waals surface area contributed by atoms with Gasteiger partial charge in [0.25, 0.3) is 0 Å². The predicted octanol–water partition coefficient (Wildman–Crippen LogP) is 2.42. The van der Waals surface area contributed by atoms with Crippen LogP contribution in [0, 0.1) is 0 Å². The Bertz CT molecular complexity index is 909. The fourth-order valence-corrected chi connectivity index (χ4v) is 3.57. The maximum Gasteiger partial charge on any atom is 0.417 e. The summed E-state index contributed by atoms with van der Waals surface area (Å²) in [5, 5.41) is 8.66. The van der Waals surface area contributed by atoms with Crippen LogP contribution in [0.2, 0.25) is 0 Å². The van der Waals surface area contributed by atoms with Gasteiger partial charge in [0.2, 0.25) is 0 Å². The molecule has 0 saturated heterocycles. The summed E-state index contributed by atoms with van der Waals surface area (Å²) in [7, 11) is 3.20. The molecule has 10 heteroatoms. The second-order valence-corrected chi connectivity index (χ2v) is 7.64. The van der Waals surface area contributed by atoms with Crippen LogP contribution in [0.25, 0.3) is 0 Å². The zero-order valence-corrected chi connectivity index (χ0v) is 16.4. The first kappa shape index (κ1) is 18.6. The van der Waals surface area contributed by atoms with Crippen molar-refractivity contribution in [3.05, 3.63) is 23.8 Å². The smallest absolute Gasteiger partial charge is 0.417 e. The molecule has 28 heavy (non-hydrogen) atoms. The number of ether oxygens (including phenoxy) is 3. The number of carbonyl (C=O) groups is 2. The lowest BCUT2D eigenvalue weighted by Crippen LogP contribution is -2.26. The summed E-state index contributed by atoms with van der Waals surface area (Å²) in [6.45, 7) is 0.978. The van der Waals surface area contributed by atoms with Gasteiger partial charge < -0.3 is 19.1 Å². The number of benzene rings is 1. The van der Waals surface area contributed by atoms with Crippen molar-refractivity contribution in [2.24, 2.45) is 0 Å². The molecule has 0 bridgehead atoms. The minimum atomic E-state index is -0.516. The Morgan fingerprint density at radius 3 is 2.68 bits per heavy atom. The summed E-state index contributed by atoms with van der Waals surface area (Å²) in [4.78, 5) is 25.8. The molecule has 0 radical (unpaired) electrons. The van der Waals surface area contributed by atoms with Gasteiger partial charge >= 0.3 is 12.1 Å². The van der Waals surface area contributed by atoms with Crippen molar-refractivity contribution in [3.63, 3.8) is 0 Å². The van der Waals surface area contributed by atoms with Crippen LogP contribution in [0.4, 0.5) is 4.79 Å². The SMILES string of the molecule is CN(C)C(=O)Oc1nnc(SCC(=O)c2ccc3c(c2)OCCO3)n1C1CC1. The number of ketones is 1. The summed E-state index contributed by atoms with van der Waals surface area (Å²) < 4.78 is 18.1. The highest BCUT2D eigenvalue weighted by atomic mass is 32.2. The molecule has 1 aromatic carbocycles. The Hall–Kier alpha value is -2.75. The number of aromatic nitrogens is 3. The average molecular weight is 404 g/mol. The van der Waals surface area contributed by atoms with E-state index in [-0.39, 0.29) is 23.6 Å². The van der Waals surface area contributed by atoms with Gasteiger partial charge in [-0.1, -0.05) is 16.9 Å². The van der Waals surface area contributed by atoms with E-state index in [0.717, 1.165) is 12.8 Å². The normalized spacial score (nSPS) is 15.2. The summed E-state index contributed by atoms with van der Waals surface area (Å²) in [6.07, 6.45) is 1.42. The van der Waals surface area contributed by atoms with Gasteiger partial charge in [-0.2, -0.15) is 0 Å². The molecule has 148 valence electrons. The fourth-order valence-electron chi connectivity index (χ4n) is 2.68. The molecule has 1 amide bonds. The molecule has 1 fully saturated rings. The van der Waals surface area contributed by atoms with E-state index in [1.165, 1.54) is 16.7 Å². The largest absolute Gasteiger partial charge is 0.486 e. The van der Waals surface area contributed by atoms with E-state index in [0.29, 0.717) is 35.4 Å². The minimum absolute atomic E-state index is 0.0563. The molecule has 4 rings (SSSR count). The van der Waals surface area contributed by atoms with Crippen molar-refractivity contribution in [3.8, 4) is 17.5 Å². The van der Waals surface area contributed by atoms with E-state index in [2.05, 4.69) is 10.2 Å². The third kappa shape index (κ3) is 3.91. The summed E-state index contributed by atoms with van der Waals surface area (Å²) in [5.41, 5.74) is 0.550. The van der Waals surface area contributed by atoms with Gasteiger partial charge in [-0.05, 0) is 31.0 Å². The van der Waals surface area contributed by atoms with Crippen molar-refractivity contribution in [1.29, 1.82) is 0 Å². The van der Waals surface area contributed by atoms with Gasteiger partial charge in [0.15, 0.2) is 22.4 Å². The highest BCUT2D eigenvalue weighted by Gasteiger charge is 2.32. The Kier molecular flexibility index (Phi) is 5.12. The number of hydrogen-bond donors (Lipinski definition) is 0. The molecular weight excluding hydrogens is 384 g/mol. The third-order valence-corrected chi connectivity index (χ3v) is 5.23. The summed E-state index contributed by atoms with van der Waals surface area (Å²) in [5.74, 6) is 1.36. The van der Waals surface area contributed by atoms with Crippen LogP contribution in [0.15, 0.2) is 23.4 Å². The quantitative estimate of drug-likeness (QED) is 0.535. The van der Waals surface area contributed by atoms with Crippen molar-refractivity contribution < 1.29 is 23.8 Å². The zero-order valence-electron chi connectivity index (χ0n) is 15.6. The van der Waals surface area contributed by atoms with Gasteiger partial charge in [0, 0.05) is 25.7 Å². The Morgan fingerprint density at radius 1 is 1.21 bits per heavy atom. The summed E-state index contributed by atoms with van der Waals surface area (Å²) in [6, 6.07) is 5.54. The molecule has 1 aromatic heterocycles. The zero-order chi connectivity index (χ0) is 19.7. The Labute approximate surface area is 165 Å². The molecule has 2 aliphatic rings. The van der Waals surface area contributed by atoms with E-state index < -0.39 is 6.09 Å². The molecule has 0 N–H and O–H groups in total. The van der Waals surface area contributed by atoms with Crippen molar-refractivity contribution in [1.82, 2.24) is 19.7 Å². The standard InChI is InChI=1S/C18H20N4O5S/c1-21(2)18(24)27-16-19-20-17(22(16)12-4-5-12)28-10-13(23)11-3-6-14-15(9-11)26-8-7-25-14/h3,6,9,12H,4-5,7-8,10H2,1-2H3. The van der Waals surface area contributed by atoms with Crippen LogP contribution < -0.4 is 14.2 Å². The van der Waals surface area contributed by atoms with Gasteiger partial charge in [-0.3, -0.25) is 9.36 Å². The first-order valence-electron chi connectivity index (χ1n) is 8.92. The molecule has 0 spiro atoms.